The quantitative estimate of drug-likeness (QED) is 0.590. The molecule has 0 unspecified atom stereocenters. The fourth-order valence-corrected chi connectivity index (χ4v) is 3.57. The Labute approximate surface area is 75.4 Å². The van der Waals surface area contributed by atoms with Crippen LogP contribution in [-0.4, -0.2) is 27.6 Å². The maximum absolute atomic E-state index is 5.76. The fourth-order valence-electron chi connectivity index (χ4n) is 1.23. The van der Waals surface area contributed by atoms with Crippen molar-refractivity contribution < 1.29 is 13.3 Å². The van der Waals surface area contributed by atoms with Gasteiger partial charge in [-0.25, -0.2) is 0 Å². The molecule has 1 heterocycles. The van der Waals surface area contributed by atoms with Gasteiger partial charge < -0.3 is 13.3 Å². The lowest BCUT2D eigenvalue weighted by molar-refractivity contribution is -0.0231. The lowest BCUT2D eigenvalue weighted by Gasteiger charge is -2.35. The minimum atomic E-state index is -2.27. The highest BCUT2D eigenvalue weighted by molar-refractivity contribution is 6.59. The van der Waals surface area contributed by atoms with E-state index >= 15 is 0 Å². The molecule has 0 aromatic carbocycles. The molecule has 0 atom stereocenters. The summed E-state index contributed by atoms with van der Waals surface area (Å²) in [5.74, 6) is 0. The molecule has 0 aromatic heterocycles. The van der Waals surface area contributed by atoms with Gasteiger partial charge in [0, 0.05) is 19.8 Å². The summed E-state index contributed by atoms with van der Waals surface area (Å²) in [6.07, 6.45) is 0.982. The molecule has 0 saturated carbocycles. The molecular formula is C8H18O3Si. The van der Waals surface area contributed by atoms with Gasteiger partial charge in [0.1, 0.15) is 0 Å². The standard InChI is InChI=1S/C8H18O3Si/c1-8(2,3)11-12(4)9-6-5-7-10-12/h5-7H2,1-4H3. The summed E-state index contributed by atoms with van der Waals surface area (Å²) in [6.45, 7) is 9.57. The van der Waals surface area contributed by atoms with Crippen LogP contribution in [0.25, 0.3) is 0 Å². The van der Waals surface area contributed by atoms with Crippen LogP contribution in [0.2, 0.25) is 6.55 Å². The van der Waals surface area contributed by atoms with Crippen molar-refractivity contribution in [1.82, 2.24) is 0 Å². The van der Waals surface area contributed by atoms with Gasteiger partial charge in [-0.15, -0.1) is 0 Å². The minimum Gasteiger partial charge on any atom is -0.374 e. The monoisotopic (exact) mass is 190 g/mol. The highest BCUT2D eigenvalue weighted by atomic mass is 28.4. The molecule has 0 amide bonds. The lowest BCUT2D eigenvalue weighted by Crippen LogP contribution is -2.50. The molecule has 1 aliphatic rings. The first-order valence-corrected chi connectivity index (χ1v) is 6.62. The number of hydrogen-bond acceptors (Lipinski definition) is 3. The van der Waals surface area contributed by atoms with E-state index in [0.29, 0.717) is 0 Å². The van der Waals surface area contributed by atoms with Crippen LogP contribution in [0, 0.1) is 0 Å². The Morgan fingerprint density at radius 3 is 2.08 bits per heavy atom. The third kappa shape index (κ3) is 3.22. The van der Waals surface area contributed by atoms with E-state index in [4.69, 9.17) is 13.3 Å². The normalized spacial score (nSPS) is 24.0. The Morgan fingerprint density at radius 2 is 1.67 bits per heavy atom. The van der Waals surface area contributed by atoms with Crippen molar-refractivity contribution in [3.8, 4) is 0 Å². The van der Waals surface area contributed by atoms with E-state index < -0.39 is 8.80 Å². The van der Waals surface area contributed by atoms with E-state index in [9.17, 15) is 0 Å². The predicted octanol–water partition coefficient (Wildman–Crippen LogP) is 1.81. The Balaban J connectivity index is 2.47. The van der Waals surface area contributed by atoms with Gasteiger partial charge in [-0.2, -0.15) is 0 Å². The topological polar surface area (TPSA) is 27.7 Å². The first-order valence-electron chi connectivity index (χ1n) is 4.39. The van der Waals surface area contributed by atoms with Crippen LogP contribution in [0.5, 0.6) is 0 Å². The van der Waals surface area contributed by atoms with Crippen LogP contribution in [0.1, 0.15) is 27.2 Å². The summed E-state index contributed by atoms with van der Waals surface area (Å²) in [5.41, 5.74) is -0.168. The van der Waals surface area contributed by atoms with Crippen molar-refractivity contribution in [3.63, 3.8) is 0 Å². The second-order valence-electron chi connectivity index (χ2n) is 4.13. The van der Waals surface area contributed by atoms with E-state index in [0.717, 1.165) is 19.6 Å². The highest BCUT2D eigenvalue weighted by Crippen LogP contribution is 2.21. The first kappa shape index (κ1) is 10.2. The van der Waals surface area contributed by atoms with Crippen molar-refractivity contribution >= 4 is 8.80 Å². The van der Waals surface area contributed by atoms with Crippen molar-refractivity contribution in [1.29, 1.82) is 0 Å². The van der Waals surface area contributed by atoms with Crippen molar-refractivity contribution in [2.75, 3.05) is 13.2 Å². The second kappa shape index (κ2) is 3.45. The molecule has 12 heavy (non-hydrogen) atoms. The maximum Gasteiger partial charge on any atom is 0.498 e. The molecule has 4 heteroatoms. The van der Waals surface area contributed by atoms with Crippen LogP contribution >= 0.6 is 0 Å². The van der Waals surface area contributed by atoms with E-state index in [1.54, 1.807) is 0 Å². The summed E-state index contributed by atoms with van der Waals surface area (Å²) in [4.78, 5) is 0. The lowest BCUT2D eigenvalue weighted by atomic mass is 10.2. The number of hydrogen-bond donors (Lipinski definition) is 0. The van der Waals surface area contributed by atoms with E-state index in [2.05, 4.69) is 0 Å². The van der Waals surface area contributed by atoms with Gasteiger partial charge >= 0.3 is 8.80 Å². The van der Waals surface area contributed by atoms with E-state index in [1.807, 2.05) is 27.3 Å². The van der Waals surface area contributed by atoms with Crippen LogP contribution in [-0.2, 0) is 13.3 Å². The van der Waals surface area contributed by atoms with Gasteiger partial charge in [0.15, 0.2) is 0 Å². The van der Waals surface area contributed by atoms with Crippen LogP contribution in [0.3, 0.4) is 0 Å². The molecule has 0 bridgehead atoms. The minimum absolute atomic E-state index is 0.168. The summed E-state index contributed by atoms with van der Waals surface area (Å²) < 4.78 is 16.8. The zero-order valence-electron chi connectivity index (χ0n) is 8.35. The Bertz CT molecular complexity index is 147. The third-order valence-electron chi connectivity index (χ3n) is 1.51. The van der Waals surface area contributed by atoms with Crippen molar-refractivity contribution in [2.45, 2.75) is 39.3 Å². The van der Waals surface area contributed by atoms with Crippen LogP contribution in [0.15, 0.2) is 0 Å². The van der Waals surface area contributed by atoms with Gasteiger partial charge in [-0.1, -0.05) is 0 Å². The Hall–Kier alpha value is 0.0969. The molecule has 1 fully saturated rings. The zero-order valence-corrected chi connectivity index (χ0v) is 9.35. The zero-order chi connectivity index (χ0) is 9.24. The molecule has 72 valence electrons. The first-order chi connectivity index (χ1) is 5.41. The summed E-state index contributed by atoms with van der Waals surface area (Å²) >= 11 is 0. The fraction of sp³-hybridized carbons (Fsp3) is 1.00. The summed E-state index contributed by atoms with van der Waals surface area (Å²) in [7, 11) is -2.27. The van der Waals surface area contributed by atoms with Gasteiger partial charge in [0.2, 0.25) is 0 Å². The van der Waals surface area contributed by atoms with Gasteiger partial charge in [-0.05, 0) is 27.2 Å². The molecule has 0 N–H and O–H groups in total. The summed E-state index contributed by atoms with van der Waals surface area (Å²) in [5, 5.41) is 0. The van der Waals surface area contributed by atoms with E-state index in [1.165, 1.54) is 0 Å². The largest absolute Gasteiger partial charge is 0.498 e. The molecule has 0 aromatic rings. The molecule has 0 aliphatic carbocycles. The molecule has 1 saturated heterocycles. The SMILES string of the molecule is CC(C)(C)O[Si]1(C)OCCCO1. The Kier molecular flexibility index (Phi) is 2.93. The van der Waals surface area contributed by atoms with Gasteiger partial charge in [-0.3, -0.25) is 0 Å². The van der Waals surface area contributed by atoms with Crippen LogP contribution < -0.4 is 0 Å². The second-order valence-corrected chi connectivity index (χ2v) is 6.63. The molecule has 3 nitrogen and oxygen atoms in total. The Morgan fingerprint density at radius 1 is 1.17 bits per heavy atom. The number of rotatable bonds is 1. The molecule has 0 spiro atoms. The maximum atomic E-state index is 5.76. The molecular weight excluding hydrogens is 172 g/mol. The smallest absolute Gasteiger partial charge is 0.374 e. The average Bonchev–Trinajstić information content (AvgIpc) is 1.83. The highest BCUT2D eigenvalue weighted by Gasteiger charge is 2.40. The predicted molar refractivity (Wildman–Crippen MR) is 49.0 cm³/mol. The van der Waals surface area contributed by atoms with Gasteiger partial charge in [0.05, 0.1) is 5.60 Å². The summed E-state index contributed by atoms with van der Waals surface area (Å²) in [6, 6.07) is 0. The molecule has 1 aliphatic heterocycles. The van der Waals surface area contributed by atoms with E-state index in [-0.39, 0.29) is 5.60 Å². The van der Waals surface area contributed by atoms with Crippen molar-refractivity contribution in [3.05, 3.63) is 0 Å². The average molecular weight is 190 g/mol. The molecule has 1 rings (SSSR count). The third-order valence-corrected chi connectivity index (χ3v) is 3.95. The van der Waals surface area contributed by atoms with Crippen molar-refractivity contribution in [2.24, 2.45) is 0 Å². The van der Waals surface area contributed by atoms with Crippen LogP contribution in [0.4, 0.5) is 0 Å². The molecule has 0 radical (unpaired) electrons. The van der Waals surface area contributed by atoms with Gasteiger partial charge in [0.25, 0.3) is 0 Å².